The summed E-state index contributed by atoms with van der Waals surface area (Å²) in [7, 11) is 0. The molecule has 36 heavy (non-hydrogen) atoms. The lowest BCUT2D eigenvalue weighted by Crippen LogP contribution is -2.20. The van der Waals surface area contributed by atoms with Gasteiger partial charge in [-0.1, -0.05) is 72.8 Å². The number of ether oxygens (including phenoxy) is 1. The van der Waals surface area contributed by atoms with E-state index in [1.54, 1.807) is 24.3 Å². The van der Waals surface area contributed by atoms with E-state index >= 15 is 0 Å². The molecule has 5 aromatic rings. The third kappa shape index (κ3) is 4.74. The minimum Gasteiger partial charge on any atom is -0.482 e. The molecule has 5 rings (SSSR count). The number of nitrogens with zero attached hydrogens (tertiary/aromatic N) is 4. The number of benzene rings is 4. The van der Waals surface area contributed by atoms with Crippen molar-refractivity contribution in [2.75, 3.05) is 0 Å². The van der Waals surface area contributed by atoms with Gasteiger partial charge < -0.3 is 4.74 Å². The Kier molecular flexibility index (Phi) is 6.31. The highest BCUT2D eigenvalue weighted by Crippen LogP contribution is 2.28. The van der Waals surface area contributed by atoms with Crippen LogP contribution in [0.15, 0.2) is 113 Å². The Hall–Kier alpha value is -5.11. The molecule has 0 spiro atoms. The van der Waals surface area contributed by atoms with E-state index in [2.05, 4.69) is 10.1 Å². The number of nitro groups is 1. The van der Waals surface area contributed by atoms with E-state index < -0.39 is 4.92 Å². The summed E-state index contributed by atoms with van der Waals surface area (Å²) in [5.74, 6) is 0.517. The minimum atomic E-state index is -0.503. The van der Waals surface area contributed by atoms with Crippen LogP contribution in [-0.2, 0) is 6.61 Å². The van der Waals surface area contributed by atoms with Crippen molar-refractivity contribution in [2.24, 2.45) is 5.10 Å². The van der Waals surface area contributed by atoms with Crippen LogP contribution in [0.4, 0.5) is 5.69 Å². The Morgan fingerprint density at radius 1 is 0.917 bits per heavy atom. The van der Waals surface area contributed by atoms with E-state index in [1.165, 1.54) is 23.0 Å². The number of hydrogen-bond acceptors (Lipinski definition) is 6. The van der Waals surface area contributed by atoms with E-state index in [0.29, 0.717) is 27.9 Å². The molecule has 0 aliphatic heterocycles. The summed E-state index contributed by atoms with van der Waals surface area (Å²) >= 11 is 0. The Labute approximate surface area is 205 Å². The third-order valence-electron chi connectivity index (χ3n) is 5.52. The molecule has 0 unspecified atom stereocenters. The highest BCUT2D eigenvalue weighted by molar-refractivity contribution is 5.83. The lowest BCUT2D eigenvalue weighted by molar-refractivity contribution is -0.385. The minimum absolute atomic E-state index is 0.149. The normalized spacial score (nSPS) is 11.1. The van der Waals surface area contributed by atoms with Gasteiger partial charge in [-0.15, -0.1) is 0 Å². The van der Waals surface area contributed by atoms with E-state index in [1.807, 2.05) is 66.7 Å². The van der Waals surface area contributed by atoms with Crippen molar-refractivity contribution in [3.05, 3.63) is 135 Å². The van der Waals surface area contributed by atoms with Crippen LogP contribution in [0.2, 0.25) is 0 Å². The van der Waals surface area contributed by atoms with Gasteiger partial charge in [0, 0.05) is 17.2 Å². The second-order valence-electron chi connectivity index (χ2n) is 7.94. The van der Waals surface area contributed by atoms with Gasteiger partial charge in [0.25, 0.3) is 5.56 Å². The Bertz CT molecular complexity index is 1630. The average Bonchev–Trinajstić information content (AvgIpc) is 2.92. The summed E-state index contributed by atoms with van der Waals surface area (Å²) in [4.78, 5) is 29.1. The molecular weight excluding hydrogens is 456 g/mol. The molecule has 176 valence electrons. The summed E-state index contributed by atoms with van der Waals surface area (Å²) < 4.78 is 6.91. The first-order valence-corrected chi connectivity index (χ1v) is 11.2. The average molecular weight is 476 g/mol. The molecule has 0 saturated heterocycles. The van der Waals surface area contributed by atoms with Gasteiger partial charge in [-0.25, -0.2) is 4.98 Å². The summed E-state index contributed by atoms with van der Waals surface area (Å²) in [6, 6.07) is 30.2. The predicted molar refractivity (Wildman–Crippen MR) is 138 cm³/mol. The van der Waals surface area contributed by atoms with Gasteiger partial charge in [0.05, 0.1) is 22.0 Å². The number of hydrogen-bond donors (Lipinski definition) is 0. The van der Waals surface area contributed by atoms with Crippen LogP contribution in [0.25, 0.3) is 22.3 Å². The molecule has 4 aromatic carbocycles. The SMILES string of the molecule is O=c1c2ccccc2nc(-c2ccccc2)n1N=Cc1ccc(OCc2ccccc2)c([N+](=O)[O-])c1. The summed E-state index contributed by atoms with van der Waals surface area (Å²) in [6.07, 6.45) is 1.40. The lowest BCUT2D eigenvalue weighted by Gasteiger charge is -2.10. The summed E-state index contributed by atoms with van der Waals surface area (Å²) in [6.45, 7) is 0.202. The van der Waals surface area contributed by atoms with Gasteiger partial charge in [-0.2, -0.15) is 9.78 Å². The molecule has 1 aromatic heterocycles. The van der Waals surface area contributed by atoms with Crippen LogP contribution in [-0.4, -0.2) is 20.8 Å². The fraction of sp³-hybridized carbons (Fsp3) is 0.0357. The number of para-hydroxylation sites is 1. The third-order valence-corrected chi connectivity index (χ3v) is 5.52. The lowest BCUT2D eigenvalue weighted by atomic mass is 10.2. The molecule has 0 radical (unpaired) electrons. The monoisotopic (exact) mass is 476 g/mol. The molecule has 0 saturated carbocycles. The van der Waals surface area contributed by atoms with Crippen LogP contribution in [0.1, 0.15) is 11.1 Å². The van der Waals surface area contributed by atoms with Crippen LogP contribution in [0, 0.1) is 10.1 Å². The van der Waals surface area contributed by atoms with Crippen molar-refractivity contribution in [3.63, 3.8) is 0 Å². The first-order chi connectivity index (χ1) is 17.6. The molecule has 8 nitrogen and oxygen atoms in total. The largest absolute Gasteiger partial charge is 0.482 e. The van der Waals surface area contributed by atoms with E-state index in [4.69, 9.17) is 4.74 Å². The molecule has 0 bridgehead atoms. The fourth-order valence-electron chi connectivity index (χ4n) is 3.74. The molecule has 0 N–H and O–H groups in total. The molecule has 8 heteroatoms. The maximum absolute atomic E-state index is 13.3. The van der Waals surface area contributed by atoms with Gasteiger partial charge in [-0.3, -0.25) is 14.9 Å². The van der Waals surface area contributed by atoms with Crippen molar-refractivity contribution in [2.45, 2.75) is 6.61 Å². The Morgan fingerprint density at radius 3 is 2.36 bits per heavy atom. The Balaban J connectivity index is 1.52. The second-order valence-corrected chi connectivity index (χ2v) is 7.94. The first-order valence-electron chi connectivity index (χ1n) is 11.2. The highest BCUT2D eigenvalue weighted by atomic mass is 16.6. The van der Waals surface area contributed by atoms with Gasteiger partial charge >= 0.3 is 5.69 Å². The molecule has 0 fully saturated rings. The van der Waals surface area contributed by atoms with Crippen LogP contribution >= 0.6 is 0 Å². The summed E-state index contributed by atoms with van der Waals surface area (Å²) in [5, 5.41) is 16.5. The van der Waals surface area contributed by atoms with Crippen molar-refractivity contribution in [1.29, 1.82) is 0 Å². The van der Waals surface area contributed by atoms with Crippen LogP contribution in [0.3, 0.4) is 0 Å². The quantitative estimate of drug-likeness (QED) is 0.177. The number of fused-ring (bicyclic) bond motifs is 1. The smallest absolute Gasteiger partial charge is 0.311 e. The van der Waals surface area contributed by atoms with Gasteiger partial charge in [0.15, 0.2) is 11.6 Å². The van der Waals surface area contributed by atoms with Crippen LogP contribution < -0.4 is 10.3 Å². The van der Waals surface area contributed by atoms with Crippen molar-refractivity contribution in [3.8, 4) is 17.1 Å². The maximum atomic E-state index is 13.3. The fourth-order valence-corrected chi connectivity index (χ4v) is 3.74. The van der Waals surface area contributed by atoms with Gasteiger partial charge in [-0.05, 0) is 29.8 Å². The van der Waals surface area contributed by atoms with E-state index in [9.17, 15) is 14.9 Å². The van der Waals surface area contributed by atoms with Gasteiger partial charge in [0.2, 0.25) is 0 Å². The number of rotatable bonds is 7. The predicted octanol–water partition coefficient (Wildman–Crippen LogP) is 5.43. The summed E-state index contributed by atoms with van der Waals surface area (Å²) in [5.41, 5.74) is 2.08. The number of nitro benzene ring substituents is 1. The zero-order chi connectivity index (χ0) is 24.9. The highest BCUT2D eigenvalue weighted by Gasteiger charge is 2.16. The molecule has 0 amide bonds. The van der Waals surface area contributed by atoms with Crippen LogP contribution in [0.5, 0.6) is 5.75 Å². The molecule has 1 heterocycles. The topological polar surface area (TPSA) is 99.6 Å². The Morgan fingerprint density at radius 2 is 1.61 bits per heavy atom. The molecule has 0 atom stereocenters. The van der Waals surface area contributed by atoms with Gasteiger partial charge in [0.1, 0.15) is 6.61 Å². The first kappa shape index (κ1) is 22.7. The van der Waals surface area contributed by atoms with Crippen molar-refractivity contribution >= 4 is 22.8 Å². The standard InChI is InChI=1S/C28H20N4O4/c33-28-23-13-7-8-14-24(23)30-27(22-11-5-2-6-12-22)31(28)29-18-21-15-16-26(25(17-21)32(34)35)36-19-20-9-3-1-4-10-20/h1-18H,19H2. The zero-order valence-corrected chi connectivity index (χ0v) is 19.0. The molecule has 0 aliphatic carbocycles. The molecular formula is C28H20N4O4. The second kappa shape index (κ2) is 10.0. The van der Waals surface area contributed by atoms with Crippen molar-refractivity contribution < 1.29 is 9.66 Å². The molecule has 0 aliphatic rings. The van der Waals surface area contributed by atoms with E-state index in [-0.39, 0.29) is 23.6 Å². The van der Waals surface area contributed by atoms with E-state index in [0.717, 1.165) is 5.56 Å². The maximum Gasteiger partial charge on any atom is 0.311 e. The zero-order valence-electron chi connectivity index (χ0n) is 19.0. The number of aromatic nitrogens is 2. The van der Waals surface area contributed by atoms with Crippen molar-refractivity contribution in [1.82, 2.24) is 9.66 Å².